The molecular formula is C18H24FN3O2. The summed E-state index contributed by atoms with van der Waals surface area (Å²) in [6, 6.07) is 3.14. The van der Waals surface area contributed by atoms with Crippen molar-refractivity contribution in [1.82, 2.24) is 15.2 Å². The van der Waals surface area contributed by atoms with Crippen LogP contribution in [0.25, 0.3) is 10.9 Å². The van der Waals surface area contributed by atoms with E-state index in [-0.39, 0.29) is 17.8 Å². The van der Waals surface area contributed by atoms with E-state index in [1.807, 2.05) is 6.20 Å². The lowest BCUT2D eigenvalue weighted by atomic mass is 10.0. The molecule has 1 saturated heterocycles. The molecule has 1 aromatic heterocycles. The van der Waals surface area contributed by atoms with Gasteiger partial charge in [-0.3, -0.25) is 9.69 Å². The monoisotopic (exact) mass is 333 g/mol. The lowest BCUT2D eigenvalue weighted by Crippen LogP contribution is -2.35. The van der Waals surface area contributed by atoms with Gasteiger partial charge in [0.15, 0.2) is 0 Å². The summed E-state index contributed by atoms with van der Waals surface area (Å²) in [5, 5.41) is 13.3. The Balaban J connectivity index is 1.78. The molecule has 130 valence electrons. The zero-order valence-electron chi connectivity index (χ0n) is 13.9. The molecule has 0 radical (unpaired) electrons. The van der Waals surface area contributed by atoms with Gasteiger partial charge in [0.25, 0.3) is 0 Å². The van der Waals surface area contributed by atoms with Gasteiger partial charge in [0.2, 0.25) is 5.91 Å². The van der Waals surface area contributed by atoms with Crippen LogP contribution in [0.15, 0.2) is 18.3 Å². The van der Waals surface area contributed by atoms with Gasteiger partial charge in [-0.2, -0.15) is 0 Å². The Morgan fingerprint density at radius 2 is 2.12 bits per heavy atom. The largest absolute Gasteiger partial charge is 0.393 e. The molecule has 1 amide bonds. The topological polar surface area (TPSA) is 68.4 Å². The molecule has 5 nitrogen and oxygen atoms in total. The number of aliphatic hydroxyl groups excluding tert-OH is 1. The Kier molecular flexibility index (Phi) is 5.16. The van der Waals surface area contributed by atoms with E-state index in [0.29, 0.717) is 19.5 Å². The molecule has 2 aromatic rings. The maximum absolute atomic E-state index is 14.1. The second-order valence-corrected chi connectivity index (χ2v) is 6.54. The number of carbonyl (C=O) groups is 1. The SMILES string of the molecule is CC(=O)NCCc1c[nH]c2c(CN3CCC(O)CC3)cc(F)cc12. The Bertz CT molecular complexity index is 720. The van der Waals surface area contributed by atoms with E-state index in [9.17, 15) is 14.3 Å². The summed E-state index contributed by atoms with van der Waals surface area (Å²) < 4.78 is 14.1. The summed E-state index contributed by atoms with van der Waals surface area (Å²) in [6.07, 6.45) is 3.89. The minimum atomic E-state index is -0.241. The van der Waals surface area contributed by atoms with Crippen molar-refractivity contribution >= 4 is 16.8 Å². The number of nitrogens with one attached hydrogen (secondary N) is 2. The highest BCUT2D eigenvalue weighted by Crippen LogP contribution is 2.26. The summed E-state index contributed by atoms with van der Waals surface area (Å²) in [7, 11) is 0. The lowest BCUT2D eigenvalue weighted by molar-refractivity contribution is -0.118. The third kappa shape index (κ3) is 3.94. The quantitative estimate of drug-likeness (QED) is 0.783. The van der Waals surface area contributed by atoms with Gasteiger partial charge in [0, 0.05) is 44.7 Å². The number of benzene rings is 1. The fraction of sp³-hybridized carbons (Fsp3) is 0.500. The highest BCUT2D eigenvalue weighted by atomic mass is 19.1. The van der Waals surface area contributed by atoms with Crippen LogP contribution >= 0.6 is 0 Å². The molecule has 0 aliphatic carbocycles. The average molecular weight is 333 g/mol. The molecule has 3 rings (SSSR count). The predicted molar refractivity (Wildman–Crippen MR) is 91.2 cm³/mol. The number of aromatic nitrogens is 1. The van der Waals surface area contributed by atoms with Crippen molar-refractivity contribution < 1.29 is 14.3 Å². The van der Waals surface area contributed by atoms with Crippen LogP contribution in [0.4, 0.5) is 4.39 Å². The molecule has 0 saturated carbocycles. The summed E-state index contributed by atoms with van der Waals surface area (Å²) in [6.45, 7) is 4.36. The Labute approximate surface area is 140 Å². The minimum absolute atomic E-state index is 0.0611. The molecule has 2 heterocycles. The van der Waals surface area contributed by atoms with Gasteiger partial charge in [0.1, 0.15) is 5.82 Å². The van der Waals surface area contributed by atoms with Crippen molar-refractivity contribution in [3.8, 4) is 0 Å². The highest BCUT2D eigenvalue weighted by molar-refractivity contribution is 5.86. The molecule has 1 aromatic carbocycles. The zero-order chi connectivity index (χ0) is 17.1. The average Bonchev–Trinajstić information content (AvgIpc) is 2.92. The first-order chi connectivity index (χ1) is 11.5. The Hall–Kier alpha value is -1.92. The van der Waals surface area contributed by atoms with Crippen LogP contribution in [0.1, 0.15) is 30.9 Å². The number of aromatic amines is 1. The van der Waals surface area contributed by atoms with E-state index >= 15 is 0 Å². The van der Waals surface area contributed by atoms with Crippen LogP contribution in [0.2, 0.25) is 0 Å². The molecule has 3 N–H and O–H groups in total. The van der Waals surface area contributed by atoms with Crippen LogP contribution in [0, 0.1) is 5.82 Å². The summed E-state index contributed by atoms with van der Waals surface area (Å²) in [5.74, 6) is -0.302. The van der Waals surface area contributed by atoms with Gasteiger partial charge in [0.05, 0.1) is 11.6 Å². The molecule has 0 bridgehead atoms. The number of rotatable bonds is 5. The molecule has 0 atom stereocenters. The molecule has 1 aliphatic heterocycles. The number of nitrogens with zero attached hydrogens (tertiary/aromatic N) is 1. The maximum Gasteiger partial charge on any atom is 0.216 e. The maximum atomic E-state index is 14.1. The van der Waals surface area contributed by atoms with E-state index in [2.05, 4.69) is 15.2 Å². The molecule has 1 aliphatic rings. The van der Waals surface area contributed by atoms with Crippen molar-refractivity contribution in [2.24, 2.45) is 0 Å². The first-order valence-electron chi connectivity index (χ1n) is 8.46. The third-order valence-corrected chi connectivity index (χ3v) is 4.64. The van der Waals surface area contributed by atoms with Crippen LogP contribution in [-0.4, -0.2) is 46.6 Å². The fourth-order valence-electron chi connectivity index (χ4n) is 3.35. The number of aliphatic hydroxyl groups is 1. The number of fused-ring (bicyclic) bond motifs is 1. The molecule has 24 heavy (non-hydrogen) atoms. The summed E-state index contributed by atoms with van der Waals surface area (Å²) in [4.78, 5) is 16.5. The number of carbonyl (C=O) groups excluding carboxylic acids is 1. The highest BCUT2D eigenvalue weighted by Gasteiger charge is 2.19. The fourth-order valence-corrected chi connectivity index (χ4v) is 3.35. The molecule has 0 unspecified atom stereocenters. The summed E-state index contributed by atoms with van der Waals surface area (Å²) >= 11 is 0. The number of halogens is 1. The van der Waals surface area contributed by atoms with Crippen LogP contribution in [0.3, 0.4) is 0 Å². The second-order valence-electron chi connectivity index (χ2n) is 6.54. The smallest absolute Gasteiger partial charge is 0.216 e. The van der Waals surface area contributed by atoms with E-state index in [4.69, 9.17) is 0 Å². The van der Waals surface area contributed by atoms with Crippen molar-refractivity contribution in [3.63, 3.8) is 0 Å². The molecular weight excluding hydrogens is 309 g/mol. The van der Waals surface area contributed by atoms with Gasteiger partial charge in [-0.25, -0.2) is 4.39 Å². The number of likely N-dealkylation sites (tertiary alicyclic amines) is 1. The number of hydrogen-bond donors (Lipinski definition) is 3. The summed E-state index contributed by atoms with van der Waals surface area (Å²) in [5.41, 5.74) is 2.90. The first kappa shape index (κ1) is 16.9. The second kappa shape index (κ2) is 7.32. The number of hydrogen-bond acceptors (Lipinski definition) is 3. The van der Waals surface area contributed by atoms with Gasteiger partial charge >= 0.3 is 0 Å². The van der Waals surface area contributed by atoms with E-state index < -0.39 is 0 Å². The Morgan fingerprint density at radius 1 is 1.38 bits per heavy atom. The standard InChI is InChI=1S/C18H24FN3O2/c1-12(23)20-5-2-13-10-21-18-14(8-15(19)9-17(13)18)11-22-6-3-16(24)4-7-22/h8-10,16,21,24H,2-7,11H2,1H3,(H,20,23). The van der Waals surface area contributed by atoms with Crippen molar-refractivity contribution in [1.29, 1.82) is 0 Å². The number of piperidine rings is 1. The number of H-pyrrole nitrogens is 1. The van der Waals surface area contributed by atoms with E-state index in [1.54, 1.807) is 12.1 Å². The van der Waals surface area contributed by atoms with Crippen molar-refractivity contribution in [2.75, 3.05) is 19.6 Å². The Morgan fingerprint density at radius 3 is 2.83 bits per heavy atom. The van der Waals surface area contributed by atoms with Crippen molar-refractivity contribution in [2.45, 2.75) is 38.8 Å². The van der Waals surface area contributed by atoms with Crippen LogP contribution in [-0.2, 0) is 17.8 Å². The van der Waals surface area contributed by atoms with Crippen LogP contribution < -0.4 is 5.32 Å². The normalized spacial score (nSPS) is 16.6. The third-order valence-electron chi connectivity index (χ3n) is 4.64. The van der Waals surface area contributed by atoms with E-state index in [1.165, 1.54) is 6.92 Å². The van der Waals surface area contributed by atoms with Gasteiger partial charge in [-0.1, -0.05) is 0 Å². The first-order valence-corrected chi connectivity index (χ1v) is 8.46. The molecule has 6 heteroatoms. The van der Waals surface area contributed by atoms with E-state index in [0.717, 1.165) is 48.0 Å². The zero-order valence-corrected chi connectivity index (χ0v) is 13.9. The number of amides is 1. The predicted octanol–water partition coefficient (Wildman–Crippen LogP) is 1.94. The molecule has 1 fully saturated rings. The van der Waals surface area contributed by atoms with Gasteiger partial charge in [-0.15, -0.1) is 0 Å². The van der Waals surface area contributed by atoms with Gasteiger partial charge < -0.3 is 15.4 Å². The van der Waals surface area contributed by atoms with Crippen molar-refractivity contribution in [3.05, 3.63) is 35.3 Å². The minimum Gasteiger partial charge on any atom is -0.393 e. The van der Waals surface area contributed by atoms with Gasteiger partial charge in [-0.05, 0) is 42.5 Å². The molecule has 0 spiro atoms. The lowest BCUT2D eigenvalue weighted by Gasteiger charge is -2.29. The van der Waals surface area contributed by atoms with Crippen LogP contribution in [0.5, 0.6) is 0 Å².